The Bertz CT molecular complexity index is 908. The Morgan fingerprint density at radius 1 is 1.04 bits per heavy atom. The summed E-state index contributed by atoms with van der Waals surface area (Å²) in [5, 5.41) is 3.49. The van der Waals surface area contributed by atoms with E-state index >= 15 is 0 Å². The zero-order chi connectivity index (χ0) is 18.6. The third-order valence-electron chi connectivity index (χ3n) is 4.85. The van der Waals surface area contributed by atoms with Gasteiger partial charge in [0.05, 0.1) is 24.9 Å². The minimum atomic E-state index is 0.152. The summed E-state index contributed by atoms with van der Waals surface area (Å²) >= 11 is 0. The van der Waals surface area contributed by atoms with E-state index in [0.717, 1.165) is 48.3 Å². The predicted molar refractivity (Wildman–Crippen MR) is 105 cm³/mol. The molecule has 7 heteroatoms. The summed E-state index contributed by atoms with van der Waals surface area (Å²) in [5.41, 5.74) is 8.14. The molecule has 1 saturated carbocycles. The Balaban J connectivity index is 1.37. The summed E-state index contributed by atoms with van der Waals surface area (Å²) in [5.74, 6) is 2.35. The van der Waals surface area contributed by atoms with Crippen molar-refractivity contribution in [1.82, 2.24) is 15.0 Å². The molecule has 0 unspecified atom stereocenters. The van der Waals surface area contributed by atoms with Gasteiger partial charge in [0.25, 0.3) is 0 Å². The SMILES string of the molecule is COc1ccc(NC2CCC(Oc3cc(N)cc4nccnc34)CC2)nc1. The Hall–Kier alpha value is -3.09. The van der Waals surface area contributed by atoms with Gasteiger partial charge in [-0.05, 0) is 43.9 Å². The summed E-state index contributed by atoms with van der Waals surface area (Å²) in [6, 6.07) is 7.90. The van der Waals surface area contributed by atoms with Gasteiger partial charge in [-0.15, -0.1) is 0 Å². The third kappa shape index (κ3) is 4.02. The highest BCUT2D eigenvalue weighted by molar-refractivity contribution is 5.84. The highest BCUT2D eigenvalue weighted by atomic mass is 16.5. The summed E-state index contributed by atoms with van der Waals surface area (Å²) in [7, 11) is 1.64. The van der Waals surface area contributed by atoms with E-state index in [1.807, 2.05) is 24.3 Å². The number of nitrogens with zero attached hydrogens (tertiary/aromatic N) is 3. The van der Waals surface area contributed by atoms with E-state index in [-0.39, 0.29) is 6.10 Å². The molecule has 3 aromatic rings. The van der Waals surface area contributed by atoms with Gasteiger partial charge in [0.15, 0.2) is 0 Å². The number of rotatable bonds is 5. The molecule has 1 aliphatic rings. The average Bonchev–Trinajstić information content (AvgIpc) is 2.70. The van der Waals surface area contributed by atoms with E-state index < -0.39 is 0 Å². The molecule has 7 nitrogen and oxygen atoms in total. The molecule has 1 fully saturated rings. The second-order valence-corrected chi connectivity index (χ2v) is 6.76. The third-order valence-corrected chi connectivity index (χ3v) is 4.85. The van der Waals surface area contributed by atoms with Crippen LogP contribution < -0.4 is 20.5 Å². The van der Waals surface area contributed by atoms with E-state index in [4.69, 9.17) is 15.2 Å². The molecule has 1 aromatic carbocycles. The Labute approximate surface area is 157 Å². The Kier molecular flexibility index (Phi) is 4.91. The summed E-state index contributed by atoms with van der Waals surface area (Å²) in [6.07, 6.45) is 9.18. The highest BCUT2D eigenvalue weighted by Gasteiger charge is 2.23. The van der Waals surface area contributed by atoms with Gasteiger partial charge in [-0.25, -0.2) is 9.97 Å². The van der Waals surface area contributed by atoms with Crippen molar-refractivity contribution in [2.75, 3.05) is 18.2 Å². The van der Waals surface area contributed by atoms with Gasteiger partial charge in [0.1, 0.15) is 22.8 Å². The number of nitrogen functional groups attached to an aromatic ring is 1. The first-order valence-corrected chi connectivity index (χ1v) is 9.15. The summed E-state index contributed by atoms with van der Waals surface area (Å²) in [6.45, 7) is 0. The number of aromatic nitrogens is 3. The van der Waals surface area contributed by atoms with Crippen molar-refractivity contribution >= 4 is 22.5 Å². The number of nitrogens with two attached hydrogens (primary N) is 1. The standard InChI is InChI=1S/C20H23N5O2/c1-26-16-6-7-19(24-12-16)25-14-2-4-15(5-3-14)27-18-11-13(21)10-17-20(18)23-9-8-22-17/h6-12,14-15H,2-5,21H2,1H3,(H,24,25). The van der Waals surface area contributed by atoms with Crippen LogP contribution in [0.5, 0.6) is 11.5 Å². The lowest BCUT2D eigenvalue weighted by atomic mass is 9.93. The fraction of sp³-hybridized carbons (Fsp3) is 0.350. The minimum absolute atomic E-state index is 0.152. The number of hydrogen-bond donors (Lipinski definition) is 2. The smallest absolute Gasteiger partial charge is 0.149 e. The minimum Gasteiger partial charge on any atom is -0.495 e. The lowest BCUT2D eigenvalue weighted by Crippen LogP contribution is -2.31. The quantitative estimate of drug-likeness (QED) is 0.669. The van der Waals surface area contributed by atoms with Gasteiger partial charge in [0.2, 0.25) is 0 Å². The van der Waals surface area contributed by atoms with Gasteiger partial charge in [-0.1, -0.05) is 0 Å². The maximum atomic E-state index is 6.24. The first-order valence-electron chi connectivity index (χ1n) is 9.15. The number of benzene rings is 1. The highest BCUT2D eigenvalue weighted by Crippen LogP contribution is 2.30. The molecular weight excluding hydrogens is 342 g/mol. The predicted octanol–water partition coefficient (Wildman–Crippen LogP) is 3.42. The summed E-state index contributed by atoms with van der Waals surface area (Å²) < 4.78 is 11.4. The maximum absolute atomic E-state index is 6.24. The van der Waals surface area contributed by atoms with Crippen LogP contribution in [0.3, 0.4) is 0 Å². The number of nitrogens with one attached hydrogen (secondary N) is 1. The molecule has 27 heavy (non-hydrogen) atoms. The first kappa shape index (κ1) is 17.3. The molecule has 4 rings (SSSR count). The van der Waals surface area contributed by atoms with E-state index in [9.17, 15) is 0 Å². The lowest BCUT2D eigenvalue weighted by Gasteiger charge is -2.30. The van der Waals surface area contributed by atoms with Crippen molar-refractivity contribution in [3.63, 3.8) is 0 Å². The van der Waals surface area contributed by atoms with E-state index in [2.05, 4.69) is 20.3 Å². The van der Waals surface area contributed by atoms with Gasteiger partial charge < -0.3 is 20.5 Å². The molecule has 0 aliphatic heterocycles. The second kappa shape index (κ2) is 7.65. The van der Waals surface area contributed by atoms with Crippen LogP contribution in [0.4, 0.5) is 11.5 Å². The molecule has 0 spiro atoms. The van der Waals surface area contributed by atoms with Crippen molar-refractivity contribution in [3.8, 4) is 11.5 Å². The van der Waals surface area contributed by atoms with E-state index in [1.54, 1.807) is 25.7 Å². The van der Waals surface area contributed by atoms with Gasteiger partial charge in [0, 0.05) is 30.2 Å². The zero-order valence-electron chi connectivity index (χ0n) is 15.3. The largest absolute Gasteiger partial charge is 0.495 e. The zero-order valence-corrected chi connectivity index (χ0v) is 15.3. The second-order valence-electron chi connectivity index (χ2n) is 6.76. The van der Waals surface area contributed by atoms with Crippen molar-refractivity contribution in [1.29, 1.82) is 0 Å². The molecule has 3 N–H and O–H groups in total. The Morgan fingerprint density at radius 2 is 1.85 bits per heavy atom. The van der Waals surface area contributed by atoms with E-state index in [1.165, 1.54) is 0 Å². The fourth-order valence-corrected chi connectivity index (χ4v) is 3.45. The van der Waals surface area contributed by atoms with Crippen LogP contribution in [0, 0.1) is 0 Å². The molecule has 0 atom stereocenters. The number of anilines is 2. The van der Waals surface area contributed by atoms with Crippen LogP contribution in [0.15, 0.2) is 42.9 Å². The van der Waals surface area contributed by atoms with Gasteiger partial charge in [-0.2, -0.15) is 0 Å². The molecule has 1 aliphatic carbocycles. The van der Waals surface area contributed by atoms with Crippen LogP contribution in [-0.2, 0) is 0 Å². The average molecular weight is 365 g/mol. The fourth-order valence-electron chi connectivity index (χ4n) is 3.45. The van der Waals surface area contributed by atoms with Gasteiger partial charge in [-0.3, -0.25) is 4.98 Å². The lowest BCUT2D eigenvalue weighted by molar-refractivity contribution is 0.152. The number of ether oxygens (including phenoxy) is 2. The van der Waals surface area contributed by atoms with Crippen molar-refractivity contribution in [3.05, 3.63) is 42.9 Å². The van der Waals surface area contributed by atoms with Crippen molar-refractivity contribution in [2.45, 2.75) is 37.8 Å². The van der Waals surface area contributed by atoms with Crippen LogP contribution in [-0.4, -0.2) is 34.2 Å². The molecule has 0 amide bonds. The molecule has 2 aromatic heterocycles. The number of hydrogen-bond acceptors (Lipinski definition) is 7. The number of methoxy groups -OCH3 is 1. The Morgan fingerprint density at radius 3 is 2.59 bits per heavy atom. The topological polar surface area (TPSA) is 95.2 Å². The van der Waals surface area contributed by atoms with Gasteiger partial charge >= 0.3 is 0 Å². The normalized spacial score (nSPS) is 19.6. The van der Waals surface area contributed by atoms with Crippen molar-refractivity contribution in [2.24, 2.45) is 0 Å². The summed E-state index contributed by atoms with van der Waals surface area (Å²) in [4.78, 5) is 13.1. The molecular formula is C20H23N5O2. The maximum Gasteiger partial charge on any atom is 0.149 e. The number of fused-ring (bicyclic) bond motifs is 1. The van der Waals surface area contributed by atoms with Crippen LogP contribution >= 0.6 is 0 Å². The molecule has 0 bridgehead atoms. The van der Waals surface area contributed by atoms with Crippen LogP contribution in [0.1, 0.15) is 25.7 Å². The monoisotopic (exact) mass is 365 g/mol. The van der Waals surface area contributed by atoms with Crippen molar-refractivity contribution < 1.29 is 9.47 Å². The number of pyridine rings is 1. The molecule has 140 valence electrons. The first-order chi connectivity index (χ1) is 13.2. The van der Waals surface area contributed by atoms with E-state index in [0.29, 0.717) is 17.5 Å². The van der Waals surface area contributed by atoms with Crippen LogP contribution in [0.25, 0.3) is 11.0 Å². The molecule has 2 heterocycles. The molecule has 0 radical (unpaired) electrons. The van der Waals surface area contributed by atoms with Crippen LogP contribution in [0.2, 0.25) is 0 Å². The molecule has 0 saturated heterocycles.